The monoisotopic (exact) mass is 398 g/mol. The quantitative estimate of drug-likeness (QED) is 0.699. The first-order chi connectivity index (χ1) is 12.2. The first kappa shape index (κ1) is 20.0. The molecule has 140 valence electrons. The van der Waals surface area contributed by atoms with E-state index in [-0.39, 0.29) is 16.6 Å². The van der Waals surface area contributed by atoms with E-state index in [4.69, 9.17) is 9.52 Å². The highest BCUT2D eigenvalue weighted by Crippen LogP contribution is 2.20. The molecule has 1 aromatic heterocycles. The zero-order valence-electron chi connectivity index (χ0n) is 14.1. The molecule has 0 aliphatic rings. The smallest absolute Gasteiger partial charge is 0.313 e. The first-order valence-corrected chi connectivity index (χ1v) is 10.0. The molecular formula is C16H18N2O6S2. The van der Waals surface area contributed by atoms with Gasteiger partial charge >= 0.3 is 5.97 Å². The molecule has 2 aromatic rings. The molecule has 26 heavy (non-hydrogen) atoms. The molecule has 0 aliphatic carbocycles. The van der Waals surface area contributed by atoms with Crippen molar-refractivity contribution in [3.63, 3.8) is 0 Å². The van der Waals surface area contributed by atoms with Gasteiger partial charge in [0.25, 0.3) is 15.9 Å². The number of hydrogen-bond acceptors (Lipinski definition) is 6. The van der Waals surface area contributed by atoms with Gasteiger partial charge in [-0.2, -0.15) is 0 Å². The van der Waals surface area contributed by atoms with Gasteiger partial charge in [-0.25, -0.2) is 12.7 Å². The lowest BCUT2D eigenvalue weighted by Gasteiger charge is -2.08. The highest BCUT2D eigenvalue weighted by molar-refractivity contribution is 7.99. The molecule has 2 N–H and O–H groups in total. The molecule has 0 aliphatic heterocycles. The number of furan rings is 1. The number of hydrogen-bond donors (Lipinski definition) is 2. The van der Waals surface area contributed by atoms with Gasteiger partial charge in [0.1, 0.15) is 0 Å². The minimum atomic E-state index is -3.75. The Morgan fingerprint density at radius 1 is 1.23 bits per heavy atom. The van der Waals surface area contributed by atoms with E-state index in [1.165, 1.54) is 38.0 Å². The maximum atomic E-state index is 12.2. The zero-order chi connectivity index (χ0) is 19.3. The van der Waals surface area contributed by atoms with Crippen molar-refractivity contribution in [3.05, 3.63) is 47.7 Å². The summed E-state index contributed by atoms with van der Waals surface area (Å²) < 4.78 is 30.1. The second-order valence-electron chi connectivity index (χ2n) is 5.45. The highest BCUT2D eigenvalue weighted by Gasteiger charge is 2.23. The number of rotatable bonds is 8. The number of amides is 1. The van der Waals surface area contributed by atoms with E-state index in [2.05, 4.69) is 5.32 Å². The fourth-order valence-electron chi connectivity index (χ4n) is 1.95. The molecule has 1 aromatic carbocycles. The van der Waals surface area contributed by atoms with Crippen molar-refractivity contribution in [2.24, 2.45) is 0 Å². The summed E-state index contributed by atoms with van der Waals surface area (Å²) in [6.45, 7) is 0. The summed E-state index contributed by atoms with van der Waals surface area (Å²) in [5.41, 5.74) is 1.35. The number of thioether (sulfide) groups is 1. The van der Waals surface area contributed by atoms with E-state index < -0.39 is 21.9 Å². The van der Waals surface area contributed by atoms with Crippen LogP contribution in [0.25, 0.3) is 0 Å². The van der Waals surface area contributed by atoms with Crippen LogP contribution in [0.2, 0.25) is 0 Å². The Bertz CT molecular complexity index is 905. The SMILES string of the molecule is CN(C)S(=O)(=O)c1ccc(C(=O)Nc2cccc(CSCC(=O)O)c2)o1. The average Bonchev–Trinajstić information content (AvgIpc) is 3.05. The molecule has 0 unspecified atom stereocenters. The summed E-state index contributed by atoms with van der Waals surface area (Å²) in [5, 5.41) is 11.0. The van der Waals surface area contributed by atoms with E-state index in [1.807, 2.05) is 6.07 Å². The summed E-state index contributed by atoms with van der Waals surface area (Å²) in [7, 11) is -1.02. The van der Waals surface area contributed by atoms with Crippen LogP contribution >= 0.6 is 11.8 Å². The number of anilines is 1. The van der Waals surface area contributed by atoms with Gasteiger partial charge in [-0.1, -0.05) is 12.1 Å². The van der Waals surface area contributed by atoms with Gasteiger partial charge in [-0.3, -0.25) is 9.59 Å². The molecule has 0 saturated heterocycles. The molecule has 1 amide bonds. The topological polar surface area (TPSA) is 117 Å². The third-order valence-electron chi connectivity index (χ3n) is 3.22. The van der Waals surface area contributed by atoms with Crippen molar-refractivity contribution < 1.29 is 27.5 Å². The average molecular weight is 398 g/mol. The number of carbonyl (C=O) groups excluding carboxylic acids is 1. The van der Waals surface area contributed by atoms with Gasteiger partial charge in [-0.15, -0.1) is 11.8 Å². The standard InChI is InChI=1S/C16H18N2O6S2/c1-18(2)26(22,23)15-7-6-13(24-15)16(21)17-12-5-3-4-11(8-12)9-25-10-14(19)20/h3-8H,9-10H2,1-2H3,(H,17,21)(H,19,20). The van der Waals surface area contributed by atoms with Crippen molar-refractivity contribution in [3.8, 4) is 0 Å². The third kappa shape index (κ3) is 5.10. The Morgan fingerprint density at radius 2 is 1.96 bits per heavy atom. The van der Waals surface area contributed by atoms with Crippen LogP contribution in [0, 0.1) is 0 Å². The van der Waals surface area contributed by atoms with Crippen molar-refractivity contribution >= 4 is 39.3 Å². The number of nitrogens with one attached hydrogen (secondary N) is 1. The fraction of sp³-hybridized carbons (Fsp3) is 0.250. The number of carbonyl (C=O) groups is 2. The summed E-state index contributed by atoms with van der Waals surface area (Å²) in [5.74, 6) is -1.12. The molecule has 8 nitrogen and oxygen atoms in total. The van der Waals surface area contributed by atoms with Crippen molar-refractivity contribution in [1.29, 1.82) is 0 Å². The van der Waals surface area contributed by atoms with Crippen LogP contribution < -0.4 is 5.32 Å². The third-order valence-corrected chi connectivity index (χ3v) is 5.90. The number of aliphatic carboxylic acids is 1. The molecule has 0 fully saturated rings. The second-order valence-corrected chi connectivity index (χ2v) is 8.52. The van der Waals surface area contributed by atoms with E-state index >= 15 is 0 Å². The van der Waals surface area contributed by atoms with Crippen LogP contribution in [-0.4, -0.2) is 49.6 Å². The normalized spacial score (nSPS) is 11.5. The molecular weight excluding hydrogens is 380 g/mol. The lowest BCUT2D eigenvalue weighted by molar-refractivity contribution is -0.133. The number of carboxylic acid groups (broad SMARTS) is 1. The lowest BCUT2D eigenvalue weighted by atomic mass is 10.2. The Balaban J connectivity index is 2.06. The highest BCUT2D eigenvalue weighted by atomic mass is 32.2. The van der Waals surface area contributed by atoms with Crippen LogP contribution in [0.3, 0.4) is 0 Å². The summed E-state index contributed by atoms with van der Waals surface area (Å²) in [6, 6.07) is 9.45. The number of benzene rings is 1. The predicted molar refractivity (Wildman–Crippen MR) is 97.8 cm³/mol. The van der Waals surface area contributed by atoms with Crippen LogP contribution in [0.15, 0.2) is 45.9 Å². The molecule has 2 rings (SSSR count). The number of nitrogens with zero attached hydrogens (tertiary/aromatic N) is 1. The van der Waals surface area contributed by atoms with Gasteiger partial charge in [0.2, 0.25) is 5.09 Å². The van der Waals surface area contributed by atoms with E-state index in [1.54, 1.807) is 18.2 Å². The van der Waals surface area contributed by atoms with E-state index in [0.717, 1.165) is 9.87 Å². The Kier molecular flexibility index (Phi) is 6.46. The Labute approximate surface area is 155 Å². The lowest BCUT2D eigenvalue weighted by Crippen LogP contribution is -2.21. The molecule has 1 heterocycles. The van der Waals surface area contributed by atoms with Gasteiger partial charge < -0.3 is 14.8 Å². The maximum absolute atomic E-state index is 12.2. The van der Waals surface area contributed by atoms with E-state index in [9.17, 15) is 18.0 Å². The molecule has 0 saturated carbocycles. The van der Waals surface area contributed by atoms with Crippen molar-refractivity contribution in [2.75, 3.05) is 25.2 Å². The van der Waals surface area contributed by atoms with Gasteiger partial charge in [0.15, 0.2) is 5.76 Å². The minimum Gasteiger partial charge on any atom is -0.481 e. The summed E-state index contributed by atoms with van der Waals surface area (Å²) >= 11 is 1.25. The maximum Gasteiger partial charge on any atom is 0.313 e. The molecule has 0 radical (unpaired) electrons. The first-order valence-electron chi connectivity index (χ1n) is 7.42. The molecule has 0 bridgehead atoms. The van der Waals surface area contributed by atoms with Crippen LogP contribution in [0.5, 0.6) is 0 Å². The van der Waals surface area contributed by atoms with Gasteiger partial charge in [0, 0.05) is 25.5 Å². The zero-order valence-corrected chi connectivity index (χ0v) is 15.8. The molecule has 10 heteroatoms. The summed E-state index contributed by atoms with van der Waals surface area (Å²) in [4.78, 5) is 22.8. The van der Waals surface area contributed by atoms with Gasteiger partial charge in [-0.05, 0) is 29.8 Å². The molecule has 0 atom stereocenters. The number of sulfonamides is 1. The minimum absolute atomic E-state index is 0.00783. The van der Waals surface area contributed by atoms with Crippen molar-refractivity contribution in [2.45, 2.75) is 10.8 Å². The van der Waals surface area contributed by atoms with Crippen LogP contribution in [0.1, 0.15) is 16.1 Å². The van der Waals surface area contributed by atoms with Crippen LogP contribution in [0.4, 0.5) is 5.69 Å². The second kappa shape index (κ2) is 8.39. The molecule has 0 spiro atoms. The van der Waals surface area contributed by atoms with Gasteiger partial charge in [0.05, 0.1) is 5.75 Å². The Hall–Kier alpha value is -2.30. The number of carboxylic acids is 1. The largest absolute Gasteiger partial charge is 0.481 e. The van der Waals surface area contributed by atoms with E-state index in [0.29, 0.717) is 11.4 Å². The Morgan fingerprint density at radius 3 is 2.62 bits per heavy atom. The fourth-order valence-corrected chi connectivity index (χ4v) is 3.44. The summed E-state index contributed by atoms with van der Waals surface area (Å²) in [6.07, 6.45) is 0. The predicted octanol–water partition coefficient (Wildman–Crippen LogP) is 2.10. The van der Waals surface area contributed by atoms with Crippen molar-refractivity contribution in [1.82, 2.24) is 4.31 Å². The van der Waals surface area contributed by atoms with Crippen LogP contribution in [-0.2, 0) is 20.6 Å².